The van der Waals surface area contributed by atoms with Crippen LogP contribution in [0.5, 0.6) is 0 Å². The maximum atomic E-state index is 12.3. The van der Waals surface area contributed by atoms with Crippen LogP contribution in [0.4, 0.5) is 0 Å². The number of aromatic nitrogens is 4. The number of aryl methyl sites for hydroxylation is 2. The SMILES string of the molecule is Cn1ccc(C(=O)N2CC(Cc3nccc4ccn(C)c34)C2)n1. The molecule has 4 heterocycles. The van der Waals surface area contributed by atoms with Crippen LogP contribution >= 0.6 is 0 Å². The van der Waals surface area contributed by atoms with Gasteiger partial charge in [-0.1, -0.05) is 0 Å². The minimum Gasteiger partial charge on any atom is -0.349 e. The van der Waals surface area contributed by atoms with Gasteiger partial charge in [-0.2, -0.15) is 5.10 Å². The molecule has 0 atom stereocenters. The summed E-state index contributed by atoms with van der Waals surface area (Å²) in [4.78, 5) is 18.7. The van der Waals surface area contributed by atoms with Gasteiger partial charge in [-0.15, -0.1) is 0 Å². The highest BCUT2D eigenvalue weighted by Gasteiger charge is 2.32. The van der Waals surface area contributed by atoms with Crippen molar-refractivity contribution >= 4 is 16.8 Å². The number of pyridine rings is 1. The van der Waals surface area contributed by atoms with Crippen LogP contribution in [0.25, 0.3) is 10.9 Å². The summed E-state index contributed by atoms with van der Waals surface area (Å²) in [5.74, 6) is 0.488. The molecule has 1 aliphatic heterocycles. The third-order valence-electron chi connectivity index (χ3n) is 4.52. The smallest absolute Gasteiger partial charge is 0.274 e. The first-order chi connectivity index (χ1) is 11.1. The largest absolute Gasteiger partial charge is 0.349 e. The molecule has 6 nitrogen and oxygen atoms in total. The molecular weight excluding hydrogens is 290 g/mol. The number of carbonyl (C=O) groups is 1. The van der Waals surface area contributed by atoms with Gasteiger partial charge in [0, 0.05) is 51.2 Å². The summed E-state index contributed by atoms with van der Waals surface area (Å²) in [6, 6.07) is 5.91. The quantitative estimate of drug-likeness (QED) is 0.739. The van der Waals surface area contributed by atoms with Gasteiger partial charge in [0.15, 0.2) is 0 Å². The van der Waals surface area contributed by atoms with Crippen LogP contribution in [0, 0.1) is 5.92 Å². The molecule has 0 N–H and O–H groups in total. The molecule has 1 fully saturated rings. The number of nitrogens with zero attached hydrogens (tertiary/aromatic N) is 5. The Labute approximate surface area is 134 Å². The van der Waals surface area contributed by atoms with Crippen molar-refractivity contribution in [3.05, 3.63) is 48.2 Å². The van der Waals surface area contributed by atoms with Crippen molar-refractivity contribution in [1.29, 1.82) is 0 Å². The Morgan fingerprint density at radius 2 is 2.04 bits per heavy atom. The number of likely N-dealkylation sites (tertiary alicyclic amines) is 1. The van der Waals surface area contributed by atoms with Gasteiger partial charge < -0.3 is 9.47 Å². The molecule has 0 unspecified atom stereocenters. The second-order valence-corrected chi connectivity index (χ2v) is 6.28. The lowest BCUT2D eigenvalue weighted by molar-refractivity contribution is 0.0493. The monoisotopic (exact) mass is 309 g/mol. The molecule has 4 rings (SSSR count). The lowest BCUT2D eigenvalue weighted by Crippen LogP contribution is -2.51. The summed E-state index contributed by atoms with van der Waals surface area (Å²) in [6.45, 7) is 1.55. The van der Waals surface area contributed by atoms with Gasteiger partial charge in [0.05, 0.1) is 11.2 Å². The van der Waals surface area contributed by atoms with Crippen molar-refractivity contribution in [3.8, 4) is 0 Å². The zero-order chi connectivity index (χ0) is 16.0. The number of amides is 1. The van der Waals surface area contributed by atoms with Crippen LogP contribution < -0.4 is 0 Å². The van der Waals surface area contributed by atoms with Gasteiger partial charge in [-0.3, -0.25) is 14.5 Å². The first-order valence-corrected chi connectivity index (χ1v) is 7.79. The lowest BCUT2D eigenvalue weighted by atomic mass is 9.93. The molecule has 0 spiro atoms. The van der Waals surface area contributed by atoms with E-state index in [0.717, 1.165) is 25.2 Å². The molecule has 6 heteroatoms. The predicted molar refractivity (Wildman–Crippen MR) is 87.0 cm³/mol. The Balaban J connectivity index is 1.44. The van der Waals surface area contributed by atoms with Crippen LogP contribution in [0.2, 0.25) is 0 Å². The highest BCUT2D eigenvalue weighted by molar-refractivity contribution is 5.92. The van der Waals surface area contributed by atoms with Gasteiger partial charge in [0.2, 0.25) is 0 Å². The number of rotatable bonds is 3. The first kappa shape index (κ1) is 14.0. The zero-order valence-corrected chi connectivity index (χ0v) is 13.3. The van der Waals surface area contributed by atoms with Crippen LogP contribution in [-0.2, 0) is 20.5 Å². The molecule has 1 amide bonds. The average Bonchev–Trinajstić information content (AvgIpc) is 3.09. The van der Waals surface area contributed by atoms with E-state index in [-0.39, 0.29) is 5.91 Å². The van der Waals surface area contributed by atoms with E-state index in [1.165, 1.54) is 10.9 Å². The second-order valence-electron chi connectivity index (χ2n) is 6.28. The summed E-state index contributed by atoms with van der Waals surface area (Å²) in [5.41, 5.74) is 2.83. The molecule has 3 aromatic heterocycles. The van der Waals surface area contributed by atoms with Crippen molar-refractivity contribution < 1.29 is 4.79 Å². The molecule has 0 saturated carbocycles. The third kappa shape index (κ3) is 2.40. The number of carbonyl (C=O) groups excluding carboxylic acids is 1. The van der Waals surface area contributed by atoms with E-state index < -0.39 is 0 Å². The van der Waals surface area contributed by atoms with Crippen molar-refractivity contribution in [2.45, 2.75) is 6.42 Å². The van der Waals surface area contributed by atoms with E-state index >= 15 is 0 Å². The Hall–Kier alpha value is -2.63. The lowest BCUT2D eigenvalue weighted by Gasteiger charge is -2.38. The van der Waals surface area contributed by atoms with Crippen molar-refractivity contribution in [1.82, 2.24) is 24.2 Å². The second kappa shape index (κ2) is 5.22. The van der Waals surface area contributed by atoms with Gasteiger partial charge >= 0.3 is 0 Å². The standard InChI is InChI=1S/C17H19N5O/c1-20-7-4-13-3-6-18-15(16(13)20)9-12-10-22(11-12)17(23)14-5-8-21(2)19-14/h3-8,12H,9-11H2,1-2H3. The van der Waals surface area contributed by atoms with E-state index in [9.17, 15) is 4.79 Å². The molecule has 23 heavy (non-hydrogen) atoms. The fourth-order valence-electron chi connectivity index (χ4n) is 3.30. The molecular formula is C17H19N5O. The normalized spacial score (nSPS) is 15.1. The Kier molecular flexibility index (Phi) is 3.18. The van der Waals surface area contributed by atoms with E-state index in [2.05, 4.69) is 26.9 Å². The fourth-order valence-corrected chi connectivity index (χ4v) is 3.30. The summed E-state index contributed by atoms with van der Waals surface area (Å²) >= 11 is 0. The maximum absolute atomic E-state index is 12.3. The van der Waals surface area contributed by atoms with Gasteiger partial charge in [-0.25, -0.2) is 0 Å². The molecule has 0 aliphatic carbocycles. The molecule has 3 aromatic rings. The molecule has 0 bridgehead atoms. The molecule has 118 valence electrons. The molecule has 1 aliphatic rings. The average molecular weight is 309 g/mol. The van der Waals surface area contributed by atoms with E-state index in [0.29, 0.717) is 11.6 Å². The van der Waals surface area contributed by atoms with Crippen molar-refractivity contribution in [3.63, 3.8) is 0 Å². The highest BCUT2D eigenvalue weighted by atomic mass is 16.2. The summed E-state index contributed by atoms with van der Waals surface area (Å²) in [7, 11) is 3.87. The number of hydrogen-bond donors (Lipinski definition) is 0. The van der Waals surface area contributed by atoms with Gasteiger partial charge in [-0.05, 0) is 30.5 Å². The maximum Gasteiger partial charge on any atom is 0.274 e. The molecule has 0 radical (unpaired) electrons. The summed E-state index contributed by atoms with van der Waals surface area (Å²) < 4.78 is 3.78. The predicted octanol–water partition coefficient (Wildman–Crippen LogP) is 1.62. The number of hydrogen-bond acceptors (Lipinski definition) is 3. The van der Waals surface area contributed by atoms with Gasteiger partial charge in [0.1, 0.15) is 5.69 Å². The van der Waals surface area contributed by atoms with Crippen LogP contribution in [-0.4, -0.2) is 43.2 Å². The van der Waals surface area contributed by atoms with Crippen molar-refractivity contribution in [2.24, 2.45) is 20.0 Å². The third-order valence-corrected chi connectivity index (χ3v) is 4.52. The highest BCUT2D eigenvalue weighted by Crippen LogP contribution is 2.25. The zero-order valence-electron chi connectivity index (χ0n) is 13.3. The number of fused-ring (bicyclic) bond motifs is 1. The van der Waals surface area contributed by atoms with Crippen LogP contribution in [0.15, 0.2) is 36.8 Å². The summed E-state index contributed by atoms with van der Waals surface area (Å²) in [5, 5.41) is 5.40. The van der Waals surface area contributed by atoms with Crippen LogP contribution in [0.3, 0.4) is 0 Å². The molecule has 1 saturated heterocycles. The minimum absolute atomic E-state index is 0.0203. The van der Waals surface area contributed by atoms with Gasteiger partial charge in [0.25, 0.3) is 5.91 Å². The fraction of sp³-hybridized carbons (Fsp3) is 0.353. The van der Waals surface area contributed by atoms with E-state index in [1.807, 2.05) is 31.3 Å². The van der Waals surface area contributed by atoms with Crippen LogP contribution in [0.1, 0.15) is 16.2 Å². The van der Waals surface area contributed by atoms with E-state index in [4.69, 9.17) is 0 Å². The van der Waals surface area contributed by atoms with Crippen molar-refractivity contribution in [2.75, 3.05) is 13.1 Å². The van der Waals surface area contributed by atoms with E-state index in [1.54, 1.807) is 16.9 Å². The Bertz CT molecular complexity index is 872. The molecule has 0 aromatic carbocycles. The summed E-state index contributed by atoms with van der Waals surface area (Å²) in [6.07, 6.45) is 6.63. The minimum atomic E-state index is 0.0203. The first-order valence-electron chi connectivity index (χ1n) is 7.79. The topological polar surface area (TPSA) is 56.0 Å². The Morgan fingerprint density at radius 1 is 1.22 bits per heavy atom. The Morgan fingerprint density at radius 3 is 2.78 bits per heavy atom.